The first-order valence-electron chi connectivity index (χ1n) is 9.53. The number of halogens is 1. The topological polar surface area (TPSA) is 94.8 Å². The molecule has 0 radical (unpaired) electrons. The lowest BCUT2D eigenvalue weighted by Gasteiger charge is -2.29. The van der Waals surface area contributed by atoms with E-state index in [9.17, 15) is 14.4 Å². The SMILES string of the molecule is CCOC(=O)C1=C(C)NC(C)=C(C(=O)OCC)C1c1coc2ccc(Cl)cc2c1=O. The number of allylic oxidation sites excluding steroid dienone is 2. The van der Waals surface area contributed by atoms with Crippen LogP contribution in [0.2, 0.25) is 5.02 Å². The van der Waals surface area contributed by atoms with Gasteiger partial charge >= 0.3 is 11.9 Å². The van der Waals surface area contributed by atoms with E-state index in [1.54, 1.807) is 39.8 Å². The summed E-state index contributed by atoms with van der Waals surface area (Å²) in [7, 11) is 0. The number of esters is 2. The summed E-state index contributed by atoms with van der Waals surface area (Å²) in [5.41, 5.74) is 1.34. The van der Waals surface area contributed by atoms with Gasteiger partial charge in [0.25, 0.3) is 0 Å². The lowest BCUT2D eigenvalue weighted by molar-refractivity contribution is -0.139. The molecule has 1 aliphatic rings. The van der Waals surface area contributed by atoms with E-state index in [-0.39, 0.29) is 35.3 Å². The summed E-state index contributed by atoms with van der Waals surface area (Å²) in [5, 5.41) is 3.65. The van der Waals surface area contributed by atoms with E-state index < -0.39 is 23.3 Å². The van der Waals surface area contributed by atoms with Gasteiger partial charge < -0.3 is 19.2 Å². The molecule has 0 amide bonds. The van der Waals surface area contributed by atoms with E-state index in [2.05, 4.69) is 5.32 Å². The lowest BCUT2D eigenvalue weighted by atomic mass is 9.80. The van der Waals surface area contributed by atoms with Crippen molar-refractivity contribution in [3.63, 3.8) is 0 Å². The predicted octanol–water partition coefficient (Wildman–Crippen LogP) is 3.81. The summed E-state index contributed by atoms with van der Waals surface area (Å²) in [6.45, 7) is 7.01. The van der Waals surface area contributed by atoms with Crippen molar-refractivity contribution in [3.05, 3.63) is 67.8 Å². The number of ether oxygens (including phenoxy) is 2. The second kappa shape index (κ2) is 8.75. The molecule has 1 aromatic heterocycles. The fourth-order valence-corrected chi connectivity index (χ4v) is 3.75. The van der Waals surface area contributed by atoms with E-state index in [4.69, 9.17) is 25.5 Å². The summed E-state index contributed by atoms with van der Waals surface area (Å²) in [5.74, 6) is -2.27. The summed E-state index contributed by atoms with van der Waals surface area (Å²) >= 11 is 6.06. The number of carbonyl (C=O) groups excluding carboxylic acids is 2. The van der Waals surface area contributed by atoms with Crippen molar-refractivity contribution >= 4 is 34.5 Å². The Labute approximate surface area is 178 Å². The van der Waals surface area contributed by atoms with Gasteiger partial charge in [-0.15, -0.1) is 0 Å². The van der Waals surface area contributed by atoms with Crippen molar-refractivity contribution in [2.24, 2.45) is 0 Å². The molecule has 1 N–H and O–H groups in total. The maximum atomic E-state index is 13.4. The van der Waals surface area contributed by atoms with Crippen LogP contribution in [0.5, 0.6) is 0 Å². The molecule has 2 aromatic rings. The standard InChI is InChI=1S/C22H22ClNO6/c1-5-28-21(26)17-11(3)24-12(4)18(22(27)29-6-2)19(17)15-10-30-16-8-7-13(23)9-14(16)20(15)25/h7-10,19,24H,5-6H2,1-4H3. The normalized spacial score (nSPS) is 14.7. The molecule has 0 aliphatic carbocycles. The van der Waals surface area contributed by atoms with Crippen LogP contribution in [0, 0.1) is 0 Å². The van der Waals surface area contributed by atoms with Crippen LogP contribution in [0.1, 0.15) is 39.2 Å². The van der Waals surface area contributed by atoms with E-state index in [1.807, 2.05) is 0 Å². The Hall–Kier alpha value is -3.06. The molecule has 0 unspecified atom stereocenters. The Morgan fingerprint density at radius 2 is 1.63 bits per heavy atom. The first-order chi connectivity index (χ1) is 14.3. The van der Waals surface area contributed by atoms with Crippen LogP contribution >= 0.6 is 11.6 Å². The molecule has 0 saturated carbocycles. The monoisotopic (exact) mass is 431 g/mol. The maximum absolute atomic E-state index is 13.4. The van der Waals surface area contributed by atoms with Gasteiger partial charge in [0.2, 0.25) is 0 Å². The fraction of sp³-hybridized carbons (Fsp3) is 0.318. The molecule has 2 heterocycles. The highest BCUT2D eigenvalue weighted by molar-refractivity contribution is 6.31. The summed E-state index contributed by atoms with van der Waals surface area (Å²) < 4.78 is 16.1. The third-order valence-electron chi connectivity index (χ3n) is 4.82. The molecule has 0 fully saturated rings. The number of fused-ring (bicyclic) bond motifs is 1. The zero-order valence-electron chi connectivity index (χ0n) is 17.1. The van der Waals surface area contributed by atoms with E-state index in [0.717, 1.165) is 0 Å². The molecule has 0 spiro atoms. The second-order valence-electron chi connectivity index (χ2n) is 6.74. The van der Waals surface area contributed by atoms with Crippen LogP contribution in [0.4, 0.5) is 0 Å². The van der Waals surface area contributed by atoms with Gasteiger partial charge in [0.15, 0.2) is 5.43 Å². The van der Waals surface area contributed by atoms with Gasteiger partial charge in [0.05, 0.1) is 41.9 Å². The number of hydrogen-bond donors (Lipinski definition) is 1. The largest absolute Gasteiger partial charge is 0.464 e. The van der Waals surface area contributed by atoms with Crippen LogP contribution < -0.4 is 10.7 Å². The second-order valence-corrected chi connectivity index (χ2v) is 7.17. The highest BCUT2D eigenvalue weighted by Gasteiger charge is 2.39. The van der Waals surface area contributed by atoms with Crippen LogP contribution in [0.3, 0.4) is 0 Å². The lowest BCUT2D eigenvalue weighted by Crippen LogP contribution is -2.34. The van der Waals surface area contributed by atoms with Gasteiger partial charge in [-0.3, -0.25) is 4.79 Å². The Morgan fingerprint density at radius 3 is 2.17 bits per heavy atom. The molecule has 0 saturated heterocycles. The molecule has 7 nitrogen and oxygen atoms in total. The average molecular weight is 432 g/mol. The van der Waals surface area contributed by atoms with Gasteiger partial charge in [-0.05, 0) is 45.9 Å². The quantitative estimate of drug-likeness (QED) is 0.719. The number of rotatable bonds is 5. The van der Waals surface area contributed by atoms with Crippen molar-refractivity contribution in [1.82, 2.24) is 5.32 Å². The van der Waals surface area contributed by atoms with Crippen molar-refractivity contribution in [1.29, 1.82) is 0 Å². The highest BCUT2D eigenvalue weighted by Crippen LogP contribution is 2.38. The fourth-order valence-electron chi connectivity index (χ4n) is 3.58. The predicted molar refractivity (Wildman–Crippen MR) is 112 cm³/mol. The minimum absolute atomic E-state index is 0.121. The minimum Gasteiger partial charge on any atom is -0.464 e. The highest BCUT2D eigenvalue weighted by atomic mass is 35.5. The van der Waals surface area contributed by atoms with E-state index in [0.29, 0.717) is 22.0 Å². The summed E-state index contributed by atoms with van der Waals surface area (Å²) in [6, 6.07) is 4.69. The molecule has 3 rings (SSSR count). The van der Waals surface area contributed by atoms with Crippen molar-refractivity contribution in [2.45, 2.75) is 33.6 Å². The van der Waals surface area contributed by atoms with Gasteiger partial charge in [-0.2, -0.15) is 0 Å². The molecule has 30 heavy (non-hydrogen) atoms. The molecule has 8 heteroatoms. The van der Waals surface area contributed by atoms with Crippen LogP contribution in [-0.2, 0) is 19.1 Å². The Kier molecular flexibility index (Phi) is 6.31. The number of nitrogens with one attached hydrogen (secondary N) is 1. The van der Waals surface area contributed by atoms with Crippen molar-refractivity contribution in [2.75, 3.05) is 13.2 Å². The van der Waals surface area contributed by atoms with Crippen LogP contribution in [0.15, 0.2) is 56.2 Å². The van der Waals surface area contributed by atoms with Crippen LogP contribution in [-0.4, -0.2) is 25.2 Å². The number of carbonyl (C=O) groups is 2. The van der Waals surface area contributed by atoms with Gasteiger partial charge in [0, 0.05) is 22.0 Å². The Morgan fingerprint density at radius 1 is 1.07 bits per heavy atom. The third-order valence-corrected chi connectivity index (χ3v) is 5.06. The van der Waals surface area contributed by atoms with E-state index in [1.165, 1.54) is 12.3 Å². The maximum Gasteiger partial charge on any atom is 0.336 e. The third kappa shape index (κ3) is 3.85. The number of dihydropyridines is 1. The molecule has 0 atom stereocenters. The summed E-state index contributed by atoms with van der Waals surface area (Å²) in [6.07, 6.45) is 1.27. The average Bonchev–Trinajstić information content (AvgIpc) is 2.68. The summed E-state index contributed by atoms with van der Waals surface area (Å²) in [4.78, 5) is 39.0. The smallest absolute Gasteiger partial charge is 0.336 e. The Bertz CT molecular complexity index is 1100. The molecular weight excluding hydrogens is 410 g/mol. The molecule has 158 valence electrons. The first kappa shape index (κ1) is 21.6. The molecule has 1 aliphatic heterocycles. The minimum atomic E-state index is -1.01. The number of benzene rings is 1. The first-order valence-corrected chi connectivity index (χ1v) is 9.91. The van der Waals surface area contributed by atoms with Gasteiger partial charge in [-0.1, -0.05) is 11.6 Å². The van der Waals surface area contributed by atoms with Crippen molar-refractivity contribution in [3.8, 4) is 0 Å². The molecular formula is C22H22ClNO6. The van der Waals surface area contributed by atoms with Gasteiger partial charge in [0.1, 0.15) is 5.58 Å². The number of hydrogen-bond acceptors (Lipinski definition) is 7. The Balaban J connectivity index is 2.31. The van der Waals surface area contributed by atoms with Crippen LogP contribution in [0.25, 0.3) is 11.0 Å². The van der Waals surface area contributed by atoms with E-state index >= 15 is 0 Å². The zero-order valence-corrected chi connectivity index (χ0v) is 17.9. The zero-order chi connectivity index (χ0) is 22.0. The molecule has 0 bridgehead atoms. The molecule has 1 aromatic carbocycles. The van der Waals surface area contributed by atoms with Crippen molar-refractivity contribution < 1.29 is 23.5 Å². The van der Waals surface area contributed by atoms with Gasteiger partial charge in [-0.25, -0.2) is 9.59 Å².